The molecule has 0 saturated carbocycles. The van der Waals surface area contributed by atoms with Crippen molar-refractivity contribution >= 4 is 5.97 Å². The van der Waals surface area contributed by atoms with Crippen molar-refractivity contribution in [3.05, 3.63) is 29.6 Å². The van der Waals surface area contributed by atoms with E-state index >= 15 is 0 Å². The standard InChI is InChI=1S/C10H8FNO3/c1-6(10(13)14)15-9-3-2-7(5-12)4-8(9)11/h2-4,6H,1H3,(H,13,14)/t6-/m1/s1. The van der Waals surface area contributed by atoms with Gasteiger partial charge in [0.05, 0.1) is 11.6 Å². The van der Waals surface area contributed by atoms with Crippen LogP contribution in [0.15, 0.2) is 18.2 Å². The maximum absolute atomic E-state index is 13.2. The van der Waals surface area contributed by atoms with Crippen molar-refractivity contribution in [1.82, 2.24) is 0 Å². The van der Waals surface area contributed by atoms with Crippen molar-refractivity contribution in [2.75, 3.05) is 0 Å². The van der Waals surface area contributed by atoms with Gasteiger partial charge in [-0.25, -0.2) is 9.18 Å². The minimum absolute atomic E-state index is 0.155. The Kier molecular flexibility index (Phi) is 3.24. The number of carboxylic acid groups (broad SMARTS) is 1. The highest BCUT2D eigenvalue weighted by Gasteiger charge is 2.14. The highest BCUT2D eigenvalue weighted by Crippen LogP contribution is 2.19. The van der Waals surface area contributed by atoms with Gasteiger partial charge >= 0.3 is 5.97 Å². The van der Waals surface area contributed by atoms with Gasteiger partial charge in [-0.2, -0.15) is 5.26 Å². The first-order valence-corrected chi connectivity index (χ1v) is 4.13. The minimum Gasteiger partial charge on any atom is -0.479 e. The molecule has 0 amide bonds. The van der Waals surface area contributed by atoms with Crippen LogP contribution in [0.4, 0.5) is 4.39 Å². The summed E-state index contributed by atoms with van der Waals surface area (Å²) in [6.45, 7) is 1.29. The third kappa shape index (κ3) is 2.68. The van der Waals surface area contributed by atoms with E-state index in [1.165, 1.54) is 19.1 Å². The summed E-state index contributed by atoms with van der Waals surface area (Å²) in [6.07, 6.45) is -1.13. The second kappa shape index (κ2) is 4.42. The van der Waals surface area contributed by atoms with Crippen LogP contribution < -0.4 is 4.74 Å². The lowest BCUT2D eigenvalue weighted by Crippen LogP contribution is -2.23. The Balaban J connectivity index is 2.88. The summed E-state index contributed by atoms with van der Waals surface area (Å²) in [6, 6.07) is 5.33. The zero-order valence-corrected chi connectivity index (χ0v) is 7.90. The van der Waals surface area contributed by atoms with Crippen LogP contribution in [0.5, 0.6) is 5.75 Å². The maximum atomic E-state index is 13.2. The fourth-order valence-electron chi connectivity index (χ4n) is 0.907. The Hall–Kier alpha value is -2.09. The van der Waals surface area contributed by atoms with Crippen molar-refractivity contribution in [3.8, 4) is 11.8 Å². The number of hydrogen-bond acceptors (Lipinski definition) is 3. The minimum atomic E-state index is -1.18. The summed E-state index contributed by atoms with van der Waals surface area (Å²) < 4.78 is 18.0. The molecule has 0 aromatic heterocycles. The first-order valence-electron chi connectivity index (χ1n) is 4.13. The predicted octanol–water partition coefficient (Wildman–Crippen LogP) is 1.55. The van der Waals surface area contributed by atoms with Crippen LogP contribution in [-0.4, -0.2) is 17.2 Å². The Morgan fingerprint density at radius 3 is 2.80 bits per heavy atom. The third-order valence-corrected chi connectivity index (χ3v) is 1.71. The van der Waals surface area contributed by atoms with E-state index in [0.29, 0.717) is 0 Å². The number of aliphatic carboxylic acids is 1. The van der Waals surface area contributed by atoms with Crippen LogP contribution in [0.25, 0.3) is 0 Å². The zero-order valence-electron chi connectivity index (χ0n) is 7.90. The average Bonchev–Trinajstić information content (AvgIpc) is 2.20. The molecule has 15 heavy (non-hydrogen) atoms. The lowest BCUT2D eigenvalue weighted by molar-refractivity contribution is -0.144. The van der Waals surface area contributed by atoms with Crippen molar-refractivity contribution in [2.45, 2.75) is 13.0 Å². The molecule has 0 heterocycles. The van der Waals surface area contributed by atoms with E-state index in [-0.39, 0.29) is 11.3 Å². The van der Waals surface area contributed by atoms with E-state index in [0.717, 1.165) is 6.07 Å². The molecule has 0 radical (unpaired) electrons. The molecule has 0 aliphatic heterocycles. The summed E-state index contributed by atoms with van der Waals surface area (Å²) in [4.78, 5) is 10.4. The summed E-state index contributed by atoms with van der Waals surface area (Å²) >= 11 is 0. The number of carbonyl (C=O) groups is 1. The second-order valence-electron chi connectivity index (χ2n) is 2.86. The van der Waals surface area contributed by atoms with Gasteiger partial charge in [-0.3, -0.25) is 0 Å². The normalized spacial score (nSPS) is 11.5. The van der Waals surface area contributed by atoms with E-state index in [4.69, 9.17) is 15.1 Å². The van der Waals surface area contributed by atoms with Gasteiger partial charge in [0.15, 0.2) is 17.7 Å². The number of ether oxygens (including phenoxy) is 1. The Labute approximate surface area is 85.5 Å². The lowest BCUT2D eigenvalue weighted by atomic mass is 10.2. The number of nitrogens with zero attached hydrogens (tertiary/aromatic N) is 1. The van der Waals surface area contributed by atoms with Crippen molar-refractivity contribution in [2.24, 2.45) is 0 Å². The topological polar surface area (TPSA) is 70.3 Å². The number of carboxylic acids is 1. The van der Waals surface area contributed by atoms with Gasteiger partial charge in [-0.1, -0.05) is 0 Å². The molecule has 0 saturated heterocycles. The van der Waals surface area contributed by atoms with Gasteiger partial charge < -0.3 is 9.84 Å². The highest BCUT2D eigenvalue weighted by molar-refractivity contribution is 5.72. The predicted molar refractivity (Wildman–Crippen MR) is 48.8 cm³/mol. The molecule has 1 atom stereocenters. The molecule has 1 rings (SSSR count). The SMILES string of the molecule is C[C@@H](Oc1ccc(C#N)cc1F)C(=O)O. The fraction of sp³-hybridized carbons (Fsp3) is 0.200. The van der Waals surface area contributed by atoms with Crippen LogP contribution in [0, 0.1) is 17.1 Å². The molecule has 0 aliphatic rings. The zero-order chi connectivity index (χ0) is 11.4. The highest BCUT2D eigenvalue weighted by atomic mass is 19.1. The van der Waals surface area contributed by atoms with Crippen LogP contribution in [-0.2, 0) is 4.79 Å². The van der Waals surface area contributed by atoms with Crippen LogP contribution in [0.2, 0.25) is 0 Å². The molecular weight excluding hydrogens is 201 g/mol. The van der Waals surface area contributed by atoms with Gasteiger partial charge in [0.2, 0.25) is 0 Å². The number of nitriles is 1. The largest absolute Gasteiger partial charge is 0.479 e. The van der Waals surface area contributed by atoms with Crippen LogP contribution >= 0.6 is 0 Å². The molecule has 78 valence electrons. The summed E-state index contributed by atoms with van der Waals surface area (Å²) in [7, 11) is 0. The Morgan fingerprint density at radius 1 is 1.67 bits per heavy atom. The molecule has 0 spiro atoms. The van der Waals surface area contributed by atoms with E-state index < -0.39 is 17.9 Å². The monoisotopic (exact) mass is 209 g/mol. The number of rotatable bonds is 3. The molecule has 4 nitrogen and oxygen atoms in total. The smallest absolute Gasteiger partial charge is 0.344 e. The molecule has 0 unspecified atom stereocenters. The maximum Gasteiger partial charge on any atom is 0.344 e. The lowest BCUT2D eigenvalue weighted by Gasteiger charge is -2.10. The van der Waals surface area contributed by atoms with Gasteiger partial charge in [0.1, 0.15) is 0 Å². The van der Waals surface area contributed by atoms with Gasteiger partial charge in [-0.05, 0) is 25.1 Å². The fourth-order valence-corrected chi connectivity index (χ4v) is 0.907. The molecular formula is C10H8FNO3. The van der Waals surface area contributed by atoms with E-state index in [1.54, 1.807) is 6.07 Å². The number of hydrogen-bond donors (Lipinski definition) is 1. The third-order valence-electron chi connectivity index (χ3n) is 1.71. The van der Waals surface area contributed by atoms with Gasteiger partial charge in [-0.15, -0.1) is 0 Å². The Morgan fingerprint density at radius 2 is 2.33 bits per heavy atom. The van der Waals surface area contributed by atoms with Gasteiger partial charge in [0.25, 0.3) is 0 Å². The first kappa shape index (κ1) is 11.0. The second-order valence-corrected chi connectivity index (χ2v) is 2.86. The summed E-state index contributed by atoms with van der Waals surface area (Å²) in [5.41, 5.74) is 0.155. The number of benzene rings is 1. The van der Waals surface area contributed by atoms with E-state index in [2.05, 4.69) is 0 Å². The molecule has 0 bridgehead atoms. The van der Waals surface area contributed by atoms with Crippen molar-refractivity contribution < 1.29 is 19.0 Å². The number of halogens is 1. The van der Waals surface area contributed by atoms with Crippen LogP contribution in [0.1, 0.15) is 12.5 Å². The molecule has 1 N–H and O–H groups in total. The quantitative estimate of drug-likeness (QED) is 0.819. The van der Waals surface area contributed by atoms with Gasteiger partial charge in [0, 0.05) is 0 Å². The molecule has 0 fully saturated rings. The first-order chi connectivity index (χ1) is 7.04. The molecule has 5 heteroatoms. The molecule has 1 aromatic rings. The molecule has 0 aliphatic carbocycles. The molecule has 1 aromatic carbocycles. The summed E-state index contributed by atoms with van der Waals surface area (Å²) in [5, 5.41) is 17.0. The summed E-state index contributed by atoms with van der Waals surface area (Å²) in [5.74, 6) is -2.11. The van der Waals surface area contributed by atoms with Crippen molar-refractivity contribution in [3.63, 3.8) is 0 Å². The van der Waals surface area contributed by atoms with Crippen molar-refractivity contribution in [1.29, 1.82) is 5.26 Å². The van der Waals surface area contributed by atoms with Crippen LogP contribution in [0.3, 0.4) is 0 Å². The Bertz CT molecular complexity index is 425. The van der Waals surface area contributed by atoms with E-state index in [9.17, 15) is 9.18 Å². The average molecular weight is 209 g/mol. The van der Waals surface area contributed by atoms with E-state index in [1.807, 2.05) is 0 Å².